The molecule has 0 unspecified atom stereocenters. The molecule has 160 valence electrons. The van der Waals surface area contributed by atoms with Crippen molar-refractivity contribution >= 4 is 21.6 Å². The smallest absolute Gasteiger partial charge is 0.162 e. The van der Waals surface area contributed by atoms with Gasteiger partial charge in [-0.25, -0.2) is 4.39 Å². The number of benzene rings is 3. The second-order valence-corrected chi connectivity index (χ2v) is 8.42. The number of nitrogens with one attached hydrogen (secondary N) is 1. The lowest BCUT2D eigenvalue weighted by Crippen LogP contribution is -2.33. The maximum absolute atomic E-state index is 13.8. The molecule has 0 saturated heterocycles. The molecule has 1 heterocycles. The van der Waals surface area contributed by atoms with Gasteiger partial charge in [-0.1, -0.05) is 48.0 Å². The molecule has 0 saturated carbocycles. The Morgan fingerprint density at radius 3 is 2.65 bits per heavy atom. The van der Waals surface area contributed by atoms with Crippen molar-refractivity contribution in [2.24, 2.45) is 4.99 Å². The van der Waals surface area contributed by atoms with Gasteiger partial charge in [-0.3, -0.25) is 10.3 Å². The van der Waals surface area contributed by atoms with Crippen LogP contribution in [0.5, 0.6) is 11.5 Å². The fourth-order valence-electron chi connectivity index (χ4n) is 3.77. The molecular weight excluding hydrogens is 459 g/mol. The molecule has 0 aromatic heterocycles. The number of nitrogens with zero attached hydrogens (tertiary/aromatic N) is 1. The second kappa shape index (κ2) is 9.20. The Hall–Kier alpha value is -2.70. The van der Waals surface area contributed by atoms with Gasteiger partial charge >= 0.3 is 0 Å². The third-order valence-corrected chi connectivity index (χ3v) is 6.00. The largest absolute Gasteiger partial charge is 0.504 e. The number of ether oxygens (including phenoxy) is 1. The van der Waals surface area contributed by atoms with Crippen LogP contribution in [0.2, 0.25) is 0 Å². The zero-order valence-corrected chi connectivity index (χ0v) is 19.0. The van der Waals surface area contributed by atoms with Crippen LogP contribution < -0.4 is 10.1 Å². The molecule has 3 aromatic rings. The molecule has 31 heavy (non-hydrogen) atoms. The first-order valence-corrected chi connectivity index (χ1v) is 11.0. The predicted molar refractivity (Wildman–Crippen MR) is 124 cm³/mol. The molecule has 4 nitrogen and oxygen atoms in total. The van der Waals surface area contributed by atoms with E-state index in [4.69, 9.17) is 9.73 Å². The Kier molecular flexibility index (Phi) is 6.39. The molecule has 6 heteroatoms. The summed E-state index contributed by atoms with van der Waals surface area (Å²) in [7, 11) is 0. The van der Waals surface area contributed by atoms with E-state index in [2.05, 4.69) is 45.5 Å². The molecule has 0 bridgehead atoms. The summed E-state index contributed by atoms with van der Waals surface area (Å²) in [5.74, 6) is 0.272. The number of rotatable bonds is 5. The summed E-state index contributed by atoms with van der Waals surface area (Å²) in [5.41, 5.74) is 4.72. The van der Waals surface area contributed by atoms with Crippen LogP contribution in [-0.2, 0) is 0 Å². The Labute approximate surface area is 189 Å². The van der Waals surface area contributed by atoms with Gasteiger partial charge in [0.25, 0.3) is 0 Å². The summed E-state index contributed by atoms with van der Waals surface area (Å²) in [6, 6.07) is 18.5. The molecule has 2 N–H and O–H groups in total. The maximum atomic E-state index is 13.8. The fraction of sp³-hybridized carbons (Fsp3) is 0.240. The molecule has 0 aliphatic carbocycles. The minimum atomic E-state index is -0.387. The molecule has 0 spiro atoms. The van der Waals surface area contributed by atoms with Crippen LogP contribution >= 0.6 is 15.9 Å². The van der Waals surface area contributed by atoms with Crippen LogP contribution in [0.25, 0.3) is 0 Å². The zero-order chi connectivity index (χ0) is 22.0. The Balaban J connectivity index is 1.76. The van der Waals surface area contributed by atoms with Crippen molar-refractivity contribution in [3.63, 3.8) is 0 Å². The standard InChI is InChI=1S/C25H24BrFN2O2/c1-3-31-23-6-4-5-18(24(23)30)22-14-21(16-9-7-15(2)8-10-16)28-25(29-22)17-11-12-20(27)19(26)13-17/h4-13,22,25,29-30H,3,14H2,1-2H3/t22-,25+/m0/s1. The average Bonchev–Trinajstić information content (AvgIpc) is 2.77. The Morgan fingerprint density at radius 1 is 1.16 bits per heavy atom. The van der Waals surface area contributed by atoms with Crippen molar-refractivity contribution < 1.29 is 14.2 Å². The number of hydrogen-bond donors (Lipinski definition) is 2. The fourth-order valence-corrected chi connectivity index (χ4v) is 4.17. The van der Waals surface area contributed by atoms with E-state index in [1.807, 2.05) is 26.0 Å². The molecule has 1 aliphatic rings. The van der Waals surface area contributed by atoms with Crippen molar-refractivity contribution in [1.29, 1.82) is 0 Å². The highest BCUT2D eigenvalue weighted by atomic mass is 79.9. The van der Waals surface area contributed by atoms with Crippen molar-refractivity contribution in [1.82, 2.24) is 5.32 Å². The molecule has 0 radical (unpaired) electrons. The number of aryl methyl sites for hydroxylation is 1. The van der Waals surface area contributed by atoms with Crippen LogP contribution in [0.4, 0.5) is 4.39 Å². The summed E-state index contributed by atoms with van der Waals surface area (Å²) >= 11 is 3.27. The molecule has 0 amide bonds. The first kappa shape index (κ1) is 21.5. The summed E-state index contributed by atoms with van der Waals surface area (Å²) in [5, 5.41) is 14.3. The van der Waals surface area contributed by atoms with Crippen LogP contribution in [0, 0.1) is 12.7 Å². The van der Waals surface area contributed by atoms with E-state index in [1.165, 1.54) is 11.6 Å². The van der Waals surface area contributed by atoms with Crippen LogP contribution in [0.3, 0.4) is 0 Å². The monoisotopic (exact) mass is 482 g/mol. The first-order valence-electron chi connectivity index (χ1n) is 10.3. The van der Waals surface area contributed by atoms with Gasteiger partial charge in [-0.2, -0.15) is 0 Å². The first-order chi connectivity index (χ1) is 15.0. The summed E-state index contributed by atoms with van der Waals surface area (Å²) < 4.78 is 19.8. The van der Waals surface area contributed by atoms with Gasteiger partial charge in [0.1, 0.15) is 12.0 Å². The van der Waals surface area contributed by atoms with Gasteiger partial charge in [0.2, 0.25) is 0 Å². The highest BCUT2D eigenvalue weighted by Gasteiger charge is 2.28. The third-order valence-electron chi connectivity index (χ3n) is 5.39. The Morgan fingerprint density at radius 2 is 1.94 bits per heavy atom. The summed E-state index contributed by atoms with van der Waals surface area (Å²) in [6.07, 6.45) is 0.215. The van der Waals surface area contributed by atoms with Gasteiger partial charge in [0.05, 0.1) is 11.1 Å². The van der Waals surface area contributed by atoms with Crippen LogP contribution in [-0.4, -0.2) is 17.4 Å². The minimum Gasteiger partial charge on any atom is -0.504 e. The van der Waals surface area contributed by atoms with Crippen molar-refractivity contribution in [3.05, 3.63) is 93.2 Å². The van der Waals surface area contributed by atoms with E-state index >= 15 is 0 Å². The van der Waals surface area contributed by atoms with Crippen molar-refractivity contribution in [2.75, 3.05) is 6.61 Å². The number of phenols is 1. The van der Waals surface area contributed by atoms with Gasteiger partial charge in [-0.05, 0) is 59.1 Å². The normalized spacial score (nSPS) is 18.5. The number of halogens is 2. The van der Waals surface area contributed by atoms with Crippen molar-refractivity contribution in [3.8, 4) is 11.5 Å². The van der Waals surface area contributed by atoms with Gasteiger partial charge in [0.15, 0.2) is 11.5 Å². The van der Waals surface area contributed by atoms with Gasteiger partial charge in [0, 0.05) is 23.7 Å². The topological polar surface area (TPSA) is 53.8 Å². The molecule has 3 aromatic carbocycles. The zero-order valence-electron chi connectivity index (χ0n) is 17.4. The van der Waals surface area contributed by atoms with Crippen molar-refractivity contribution in [2.45, 2.75) is 32.5 Å². The highest BCUT2D eigenvalue weighted by molar-refractivity contribution is 9.10. The quantitative estimate of drug-likeness (QED) is 0.453. The van der Waals surface area contributed by atoms with Gasteiger partial charge < -0.3 is 9.84 Å². The number of para-hydroxylation sites is 1. The van der Waals surface area contributed by atoms with E-state index in [0.717, 1.165) is 22.4 Å². The Bertz CT molecular complexity index is 1120. The van der Waals surface area contributed by atoms with Crippen LogP contribution in [0.1, 0.15) is 47.8 Å². The number of aliphatic imine (C=N–C) groups is 1. The minimum absolute atomic E-state index is 0.131. The number of aromatic hydroxyl groups is 1. The molecular formula is C25H24BrFN2O2. The number of phenolic OH excluding ortho intramolecular Hbond substituents is 1. The van der Waals surface area contributed by atoms with E-state index in [1.54, 1.807) is 18.2 Å². The van der Waals surface area contributed by atoms with E-state index in [0.29, 0.717) is 23.2 Å². The summed E-state index contributed by atoms with van der Waals surface area (Å²) in [4.78, 5) is 4.94. The second-order valence-electron chi connectivity index (χ2n) is 7.57. The molecule has 2 atom stereocenters. The molecule has 4 rings (SSSR count). The van der Waals surface area contributed by atoms with E-state index in [9.17, 15) is 9.50 Å². The lowest BCUT2D eigenvalue weighted by atomic mass is 9.93. The third kappa shape index (κ3) is 4.65. The summed E-state index contributed by atoms with van der Waals surface area (Å²) in [6.45, 7) is 4.40. The highest BCUT2D eigenvalue weighted by Crippen LogP contribution is 2.39. The molecule has 0 fully saturated rings. The predicted octanol–water partition coefficient (Wildman–Crippen LogP) is 6.22. The maximum Gasteiger partial charge on any atom is 0.162 e. The van der Waals surface area contributed by atoms with Gasteiger partial charge in [-0.15, -0.1) is 0 Å². The lowest BCUT2D eigenvalue weighted by Gasteiger charge is -2.31. The molecule has 1 aliphatic heterocycles. The van der Waals surface area contributed by atoms with Crippen LogP contribution in [0.15, 0.2) is 70.1 Å². The lowest BCUT2D eigenvalue weighted by molar-refractivity contribution is 0.313. The average molecular weight is 483 g/mol. The number of hydrogen-bond acceptors (Lipinski definition) is 4. The SMILES string of the molecule is CCOc1cccc([C@@H]2CC(c3ccc(C)cc3)=N[C@@H](c3ccc(F)c(Br)c3)N2)c1O. The van der Waals surface area contributed by atoms with E-state index < -0.39 is 0 Å². The van der Waals surface area contributed by atoms with E-state index in [-0.39, 0.29) is 23.8 Å².